The molecule has 11 heteroatoms. The predicted molar refractivity (Wildman–Crippen MR) is 168 cm³/mol. The Morgan fingerprint density at radius 3 is 2.00 bits per heavy atom. The zero-order valence-electron chi connectivity index (χ0n) is 25.3. The first kappa shape index (κ1) is 31.3. The summed E-state index contributed by atoms with van der Waals surface area (Å²) >= 11 is 0. The molecule has 0 spiro atoms. The molecule has 1 saturated heterocycles. The van der Waals surface area contributed by atoms with Gasteiger partial charge >= 0.3 is 12.0 Å². The fraction of sp³-hybridized carbons (Fsp3) is 0.143. The van der Waals surface area contributed by atoms with Crippen LogP contribution in [0.25, 0.3) is 6.08 Å². The van der Waals surface area contributed by atoms with Gasteiger partial charge in [-0.3, -0.25) is 14.9 Å². The second-order valence-corrected chi connectivity index (χ2v) is 9.95. The lowest BCUT2D eigenvalue weighted by Gasteiger charge is -2.26. The number of methoxy groups -OCH3 is 3. The van der Waals surface area contributed by atoms with Crippen molar-refractivity contribution in [3.8, 4) is 23.0 Å². The largest absolute Gasteiger partial charge is 0.493 e. The number of rotatable bonds is 11. The number of barbiturate groups is 1. The molecular weight excluding hydrogens is 592 g/mol. The fourth-order valence-electron chi connectivity index (χ4n) is 4.63. The van der Waals surface area contributed by atoms with Crippen molar-refractivity contribution in [3.05, 3.63) is 119 Å². The average molecular weight is 623 g/mol. The quantitative estimate of drug-likeness (QED) is 0.134. The molecule has 0 bridgehead atoms. The summed E-state index contributed by atoms with van der Waals surface area (Å²) in [6, 6.07) is 25.0. The van der Waals surface area contributed by atoms with E-state index >= 15 is 0 Å². The van der Waals surface area contributed by atoms with Crippen LogP contribution < -0.4 is 29.2 Å². The summed E-state index contributed by atoms with van der Waals surface area (Å²) in [7, 11) is 4.28. The molecule has 46 heavy (non-hydrogen) atoms. The zero-order chi connectivity index (χ0) is 32.6. The molecule has 4 amide bonds. The molecule has 234 valence electrons. The minimum atomic E-state index is -0.910. The smallest absolute Gasteiger partial charge is 0.337 e. The summed E-state index contributed by atoms with van der Waals surface area (Å²) < 4.78 is 27.7. The number of anilines is 1. The Balaban J connectivity index is 1.29. The van der Waals surface area contributed by atoms with Crippen LogP contribution in [0.1, 0.15) is 27.0 Å². The van der Waals surface area contributed by atoms with Gasteiger partial charge in [0.15, 0.2) is 23.0 Å². The SMILES string of the molecule is COC(=O)c1ccc(N2C(=O)NC(=O)/C(=C/c3ccc(OCc4ccc(OCc5ccccc5)c(OC)c4)c(OC)c3)C2=O)cc1. The van der Waals surface area contributed by atoms with Crippen LogP contribution in [-0.4, -0.2) is 45.1 Å². The van der Waals surface area contributed by atoms with Gasteiger partial charge in [-0.15, -0.1) is 0 Å². The Kier molecular flexibility index (Phi) is 9.62. The lowest BCUT2D eigenvalue weighted by atomic mass is 10.1. The first-order valence-electron chi connectivity index (χ1n) is 14.1. The first-order chi connectivity index (χ1) is 22.3. The van der Waals surface area contributed by atoms with E-state index in [1.54, 1.807) is 25.3 Å². The second kappa shape index (κ2) is 14.1. The van der Waals surface area contributed by atoms with Gasteiger partial charge in [-0.1, -0.05) is 42.5 Å². The van der Waals surface area contributed by atoms with E-state index < -0.39 is 23.8 Å². The number of esters is 1. The van der Waals surface area contributed by atoms with Gasteiger partial charge in [0.2, 0.25) is 0 Å². The van der Waals surface area contributed by atoms with Crippen molar-refractivity contribution in [1.82, 2.24) is 5.32 Å². The van der Waals surface area contributed by atoms with Gasteiger partial charge in [-0.2, -0.15) is 0 Å². The fourth-order valence-corrected chi connectivity index (χ4v) is 4.63. The molecule has 0 radical (unpaired) electrons. The summed E-state index contributed by atoms with van der Waals surface area (Å²) in [6.07, 6.45) is 1.35. The molecule has 1 fully saturated rings. The highest BCUT2D eigenvalue weighted by Gasteiger charge is 2.37. The van der Waals surface area contributed by atoms with E-state index in [1.165, 1.54) is 44.6 Å². The number of nitrogens with one attached hydrogen (secondary N) is 1. The Morgan fingerprint density at radius 1 is 0.717 bits per heavy atom. The number of urea groups is 1. The van der Waals surface area contributed by atoms with Crippen LogP contribution in [0.15, 0.2) is 96.6 Å². The highest BCUT2D eigenvalue weighted by molar-refractivity contribution is 6.39. The molecule has 0 aromatic heterocycles. The number of nitrogens with zero attached hydrogens (tertiary/aromatic N) is 1. The number of ether oxygens (including phenoxy) is 5. The highest BCUT2D eigenvalue weighted by atomic mass is 16.5. The third kappa shape index (κ3) is 6.99. The van der Waals surface area contributed by atoms with Crippen LogP contribution in [0, 0.1) is 0 Å². The van der Waals surface area contributed by atoms with Gasteiger partial charge in [0.05, 0.1) is 32.6 Å². The van der Waals surface area contributed by atoms with Gasteiger partial charge in [-0.05, 0) is 71.3 Å². The van der Waals surface area contributed by atoms with Crippen molar-refractivity contribution in [2.75, 3.05) is 26.2 Å². The zero-order valence-corrected chi connectivity index (χ0v) is 25.3. The van der Waals surface area contributed by atoms with Crippen molar-refractivity contribution >= 4 is 35.6 Å². The van der Waals surface area contributed by atoms with Gasteiger partial charge in [-0.25, -0.2) is 14.5 Å². The molecule has 11 nitrogen and oxygen atoms in total. The van der Waals surface area contributed by atoms with Gasteiger partial charge < -0.3 is 23.7 Å². The monoisotopic (exact) mass is 622 g/mol. The van der Waals surface area contributed by atoms with E-state index in [0.29, 0.717) is 35.2 Å². The second-order valence-electron chi connectivity index (χ2n) is 9.95. The summed E-state index contributed by atoms with van der Waals surface area (Å²) in [6.45, 7) is 0.595. The number of carbonyl (C=O) groups is 4. The van der Waals surface area contributed by atoms with Crippen molar-refractivity contribution < 1.29 is 42.9 Å². The third-order valence-electron chi connectivity index (χ3n) is 7.01. The summed E-state index contributed by atoms with van der Waals surface area (Å²) in [5, 5.41) is 2.18. The van der Waals surface area contributed by atoms with Crippen LogP contribution in [0.4, 0.5) is 10.5 Å². The van der Waals surface area contributed by atoms with Crippen LogP contribution in [-0.2, 0) is 27.5 Å². The van der Waals surface area contributed by atoms with E-state index in [-0.39, 0.29) is 23.4 Å². The molecule has 1 heterocycles. The molecule has 5 rings (SSSR count). The van der Waals surface area contributed by atoms with Crippen LogP contribution in [0.2, 0.25) is 0 Å². The Labute approximate surface area is 264 Å². The molecule has 0 unspecified atom stereocenters. The molecule has 0 saturated carbocycles. The third-order valence-corrected chi connectivity index (χ3v) is 7.01. The van der Waals surface area contributed by atoms with Gasteiger partial charge in [0.1, 0.15) is 18.8 Å². The van der Waals surface area contributed by atoms with Crippen molar-refractivity contribution in [3.63, 3.8) is 0 Å². The predicted octanol–water partition coefficient (Wildman–Crippen LogP) is 5.31. The minimum absolute atomic E-state index is 0.169. The minimum Gasteiger partial charge on any atom is -0.493 e. The molecule has 1 aliphatic heterocycles. The van der Waals surface area contributed by atoms with Crippen LogP contribution >= 0.6 is 0 Å². The molecular formula is C35H30N2O9. The summed E-state index contributed by atoms with van der Waals surface area (Å²) in [5.74, 6) is -0.294. The van der Waals surface area contributed by atoms with Crippen molar-refractivity contribution in [1.29, 1.82) is 0 Å². The maximum absolute atomic E-state index is 13.3. The molecule has 0 atom stereocenters. The molecule has 1 N–H and O–H groups in total. The summed E-state index contributed by atoms with van der Waals surface area (Å²) in [4.78, 5) is 51.1. The van der Waals surface area contributed by atoms with E-state index in [9.17, 15) is 19.2 Å². The summed E-state index contributed by atoms with van der Waals surface area (Å²) in [5.41, 5.74) is 2.46. The highest BCUT2D eigenvalue weighted by Crippen LogP contribution is 2.33. The molecule has 1 aliphatic rings. The Hall–Kier alpha value is -6.10. The average Bonchev–Trinajstić information content (AvgIpc) is 3.08. The molecule has 0 aliphatic carbocycles. The van der Waals surface area contributed by atoms with Crippen LogP contribution in [0.5, 0.6) is 23.0 Å². The van der Waals surface area contributed by atoms with Gasteiger partial charge in [0, 0.05) is 0 Å². The molecule has 4 aromatic carbocycles. The maximum Gasteiger partial charge on any atom is 0.337 e. The number of benzene rings is 4. The van der Waals surface area contributed by atoms with E-state index in [1.807, 2.05) is 48.5 Å². The lowest BCUT2D eigenvalue weighted by Crippen LogP contribution is -2.54. The Morgan fingerprint density at radius 2 is 1.35 bits per heavy atom. The Bertz CT molecular complexity index is 1800. The first-order valence-corrected chi connectivity index (χ1v) is 14.1. The van der Waals surface area contributed by atoms with Crippen LogP contribution in [0.3, 0.4) is 0 Å². The van der Waals surface area contributed by atoms with Gasteiger partial charge in [0.25, 0.3) is 11.8 Å². The normalized spacial score (nSPS) is 13.7. The lowest BCUT2D eigenvalue weighted by molar-refractivity contribution is -0.122. The standard InChI is InChI=1S/C35H30N2O9/c1-42-30-18-23(17-27-32(38)36-35(41)37(33(27)39)26-13-11-25(12-14-26)34(40)44-3)9-15-28(30)46-21-24-10-16-29(31(19-24)43-2)45-20-22-7-5-4-6-8-22/h4-19H,20-21H2,1-3H3,(H,36,38,41)/b27-17-. The van der Waals surface area contributed by atoms with E-state index in [2.05, 4.69) is 10.1 Å². The topological polar surface area (TPSA) is 130 Å². The van der Waals surface area contributed by atoms with E-state index in [4.69, 9.17) is 18.9 Å². The van der Waals surface area contributed by atoms with Crippen molar-refractivity contribution in [2.45, 2.75) is 13.2 Å². The number of carbonyl (C=O) groups excluding carboxylic acids is 4. The van der Waals surface area contributed by atoms with Crippen molar-refractivity contribution in [2.24, 2.45) is 0 Å². The maximum atomic E-state index is 13.3. The number of imide groups is 2. The number of hydrogen-bond donors (Lipinski definition) is 1. The number of hydrogen-bond acceptors (Lipinski definition) is 9. The molecule has 4 aromatic rings. The van der Waals surface area contributed by atoms with E-state index in [0.717, 1.165) is 16.0 Å². The number of amides is 4.